The third-order valence-electron chi connectivity index (χ3n) is 5.44. The highest BCUT2D eigenvalue weighted by atomic mass is 32.1. The van der Waals surface area contributed by atoms with E-state index in [9.17, 15) is 5.11 Å². The molecule has 0 aliphatic carbocycles. The molecular weight excluding hydrogens is 456 g/mol. The van der Waals surface area contributed by atoms with Crippen LogP contribution in [0, 0.1) is 0 Å². The van der Waals surface area contributed by atoms with E-state index in [0.717, 1.165) is 38.7 Å². The van der Waals surface area contributed by atoms with Gasteiger partial charge in [0, 0.05) is 46.6 Å². The second kappa shape index (κ2) is 10.1. The number of nitrogens with zero attached hydrogens (tertiary/aromatic N) is 3. The molecule has 0 atom stereocenters. The molecule has 0 saturated heterocycles. The molecule has 0 saturated carbocycles. The Kier molecular flexibility index (Phi) is 6.45. The summed E-state index contributed by atoms with van der Waals surface area (Å²) < 4.78 is 0. The smallest absolute Gasteiger partial charge is 0.191 e. The van der Waals surface area contributed by atoms with Gasteiger partial charge in [-0.05, 0) is 66.3 Å². The van der Waals surface area contributed by atoms with Crippen molar-refractivity contribution in [3.05, 3.63) is 102 Å². The van der Waals surface area contributed by atoms with E-state index in [1.165, 1.54) is 0 Å². The molecule has 172 valence electrons. The van der Waals surface area contributed by atoms with Crippen molar-refractivity contribution >= 4 is 56.7 Å². The Morgan fingerprint density at radius 1 is 0.914 bits per heavy atom. The summed E-state index contributed by atoms with van der Waals surface area (Å²) in [4.78, 5) is 9.05. The molecule has 5 rings (SSSR count). The third kappa shape index (κ3) is 5.18. The highest BCUT2D eigenvalue weighted by molar-refractivity contribution is 7.80. The molecule has 0 aliphatic heterocycles. The Balaban J connectivity index is 1.30. The summed E-state index contributed by atoms with van der Waals surface area (Å²) in [5.74, 6) is 0.132. The molecule has 2 heterocycles. The summed E-state index contributed by atoms with van der Waals surface area (Å²) in [7, 11) is 0. The zero-order valence-corrected chi connectivity index (χ0v) is 19.5. The van der Waals surface area contributed by atoms with E-state index in [-0.39, 0.29) is 5.75 Å². The number of hydrogen-bond donors (Lipinski definition) is 4. The fourth-order valence-electron chi connectivity index (χ4n) is 3.78. The lowest BCUT2D eigenvalue weighted by Crippen LogP contribution is -2.23. The van der Waals surface area contributed by atoms with E-state index < -0.39 is 0 Å². The molecule has 0 amide bonds. The van der Waals surface area contributed by atoms with Gasteiger partial charge in [-0.25, -0.2) is 0 Å². The van der Waals surface area contributed by atoms with Gasteiger partial charge in [0.15, 0.2) is 5.11 Å². The number of thiocarbonyl (C=S) groups is 1. The average Bonchev–Trinajstić information content (AvgIpc) is 2.89. The molecule has 0 aliphatic rings. The lowest BCUT2D eigenvalue weighted by atomic mass is 10.1. The molecule has 35 heavy (non-hydrogen) atoms. The van der Waals surface area contributed by atoms with Crippen LogP contribution >= 0.6 is 12.2 Å². The normalized spacial score (nSPS) is 11.1. The van der Waals surface area contributed by atoms with Crippen molar-refractivity contribution < 1.29 is 5.11 Å². The third-order valence-corrected chi connectivity index (χ3v) is 5.63. The van der Waals surface area contributed by atoms with Crippen LogP contribution < -0.4 is 16.1 Å². The Hall–Kier alpha value is -4.56. The molecular formula is C27H22N6OS. The van der Waals surface area contributed by atoms with E-state index >= 15 is 0 Å². The van der Waals surface area contributed by atoms with E-state index in [2.05, 4.69) is 37.2 Å². The monoisotopic (exact) mass is 478 g/mol. The van der Waals surface area contributed by atoms with Crippen molar-refractivity contribution in [2.75, 3.05) is 10.6 Å². The Morgan fingerprint density at radius 2 is 1.71 bits per heavy atom. The van der Waals surface area contributed by atoms with Gasteiger partial charge in [-0.1, -0.05) is 30.3 Å². The summed E-state index contributed by atoms with van der Waals surface area (Å²) in [6, 6.07) is 25.0. The summed E-state index contributed by atoms with van der Waals surface area (Å²) in [5, 5.41) is 23.4. The van der Waals surface area contributed by atoms with Crippen molar-refractivity contribution in [3.63, 3.8) is 0 Å². The van der Waals surface area contributed by atoms with E-state index in [0.29, 0.717) is 17.2 Å². The van der Waals surface area contributed by atoms with Gasteiger partial charge in [-0.3, -0.25) is 15.4 Å². The number of aromatic hydroxyl groups is 1. The predicted molar refractivity (Wildman–Crippen MR) is 146 cm³/mol. The standard InChI is InChI=1S/C27H22N6OS/c34-24-11-10-18(14-20(24)17-31-33-27(35)32-21-7-2-1-3-8-21)16-30-23-15-19-6-4-12-28-25(19)26-22(23)9-5-13-29-26/h1-15,17,30,34H,16H2,(H2,32,33,35)/b31-17+. The molecule has 8 heteroatoms. The number of anilines is 2. The number of para-hydroxylation sites is 1. The van der Waals surface area contributed by atoms with Crippen molar-refractivity contribution in [1.82, 2.24) is 15.4 Å². The Bertz CT molecular complexity index is 1540. The highest BCUT2D eigenvalue weighted by Crippen LogP contribution is 2.29. The summed E-state index contributed by atoms with van der Waals surface area (Å²) in [6.07, 6.45) is 5.10. The minimum Gasteiger partial charge on any atom is -0.507 e. The van der Waals surface area contributed by atoms with Crippen LogP contribution in [0.1, 0.15) is 11.1 Å². The number of fused-ring (bicyclic) bond motifs is 3. The first kappa shape index (κ1) is 22.2. The molecule has 4 N–H and O–H groups in total. The second-order valence-electron chi connectivity index (χ2n) is 7.84. The van der Waals surface area contributed by atoms with Crippen LogP contribution in [0.2, 0.25) is 0 Å². The van der Waals surface area contributed by atoms with Gasteiger partial charge >= 0.3 is 0 Å². The van der Waals surface area contributed by atoms with Crippen LogP contribution in [0.3, 0.4) is 0 Å². The minimum absolute atomic E-state index is 0.132. The number of phenols is 1. The topological polar surface area (TPSA) is 94.5 Å². The molecule has 0 spiro atoms. The maximum absolute atomic E-state index is 10.3. The number of pyridine rings is 2. The van der Waals surface area contributed by atoms with Crippen molar-refractivity contribution in [2.24, 2.45) is 5.10 Å². The van der Waals surface area contributed by atoms with Gasteiger partial charge in [0.05, 0.1) is 17.2 Å². The first-order valence-electron chi connectivity index (χ1n) is 11.0. The number of hydrazone groups is 1. The van der Waals surface area contributed by atoms with Crippen molar-refractivity contribution in [3.8, 4) is 5.75 Å². The van der Waals surface area contributed by atoms with Crippen LogP contribution in [0.25, 0.3) is 21.8 Å². The molecule has 0 bridgehead atoms. The quantitative estimate of drug-likeness (QED) is 0.112. The van der Waals surface area contributed by atoms with Crippen LogP contribution in [0.4, 0.5) is 11.4 Å². The molecule has 0 fully saturated rings. The molecule has 3 aromatic carbocycles. The minimum atomic E-state index is 0.132. The van der Waals surface area contributed by atoms with E-state index in [1.54, 1.807) is 24.7 Å². The van der Waals surface area contributed by atoms with Gasteiger partial charge in [0.1, 0.15) is 5.75 Å². The fraction of sp³-hybridized carbons (Fsp3) is 0.0370. The van der Waals surface area contributed by atoms with E-state index in [4.69, 9.17) is 12.2 Å². The van der Waals surface area contributed by atoms with Gasteiger partial charge in [0.25, 0.3) is 0 Å². The number of benzene rings is 3. The molecule has 5 aromatic rings. The molecule has 2 aromatic heterocycles. The zero-order valence-electron chi connectivity index (χ0n) is 18.6. The number of nitrogens with one attached hydrogen (secondary N) is 3. The van der Waals surface area contributed by atoms with Crippen LogP contribution in [-0.4, -0.2) is 26.4 Å². The Labute approximate surface area is 207 Å². The first-order valence-corrected chi connectivity index (χ1v) is 11.4. The first-order chi connectivity index (χ1) is 17.2. The predicted octanol–water partition coefficient (Wildman–Crippen LogP) is 5.42. The highest BCUT2D eigenvalue weighted by Gasteiger charge is 2.09. The maximum Gasteiger partial charge on any atom is 0.191 e. The van der Waals surface area contributed by atoms with Gasteiger partial charge in [0.2, 0.25) is 0 Å². The molecule has 0 radical (unpaired) electrons. The maximum atomic E-state index is 10.3. The van der Waals surface area contributed by atoms with Crippen LogP contribution in [0.5, 0.6) is 5.75 Å². The van der Waals surface area contributed by atoms with Crippen LogP contribution in [-0.2, 0) is 6.54 Å². The van der Waals surface area contributed by atoms with Crippen LogP contribution in [0.15, 0.2) is 96.4 Å². The largest absolute Gasteiger partial charge is 0.507 e. The SMILES string of the molecule is Oc1ccc(CNc2cc3cccnc3c3ncccc23)cc1/C=N/NC(=S)Nc1ccccc1. The van der Waals surface area contributed by atoms with Crippen molar-refractivity contribution in [2.45, 2.75) is 6.54 Å². The van der Waals surface area contributed by atoms with Gasteiger partial charge in [-0.2, -0.15) is 5.10 Å². The number of aromatic nitrogens is 2. The Morgan fingerprint density at radius 3 is 2.57 bits per heavy atom. The average molecular weight is 479 g/mol. The van der Waals surface area contributed by atoms with Gasteiger partial charge in [-0.15, -0.1) is 0 Å². The zero-order chi connectivity index (χ0) is 24.0. The lowest BCUT2D eigenvalue weighted by molar-refractivity contribution is 0.474. The fourth-order valence-corrected chi connectivity index (χ4v) is 3.95. The van der Waals surface area contributed by atoms with Gasteiger partial charge < -0.3 is 15.7 Å². The summed E-state index contributed by atoms with van der Waals surface area (Å²) >= 11 is 5.26. The number of hydrogen-bond acceptors (Lipinski definition) is 6. The number of rotatable bonds is 6. The summed E-state index contributed by atoms with van der Waals surface area (Å²) in [5.41, 5.74) is 7.90. The van der Waals surface area contributed by atoms with Crippen molar-refractivity contribution in [1.29, 1.82) is 0 Å². The van der Waals surface area contributed by atoms with E-state index in [1.807, 2.05) is 66.7 Å². The second-order valence-corrected chi connectivity index (χ2v) is 8.24. The summed E-state index contributed by atoms with van der Waals surface area (Å²) in [6.45, 7) is 0.554. The molecule has 7 nitrogen and oxygen atoms in total. The molecule has 0 unspecified atom stereocenters. The lowest BCUT2D eigenvalue weighted by Gasteiger charge is -2.12. The number of phenolic OH excluding ortho intramolecular Hbond substituents is 1.